The maximum atomic E-state index is 6.15. The van der Waals surface area contributed by atoms with Gasteiger partial charge < -0.3 is 24.4 Å². The molecule has 0 saturated carbocycles. The number of aryl methyl sites for hydroxylation is 1. The van der Waals surface area contributed by atoms with Gasteiger partial charge in [0.15, 0.2) is 5.96 Å². The Labute approximate surface area is 182 Å². The summed E-state index contributed by atoms with van der Waals surface area (Å²) in [6.45, 7) is 11.3. The van der Waals surface area contributed by atoms with Gasteiger partial charge in [-0.25, -0.2) is 4.99 Å². The number of benzene rings is 1. The second kappa shape index (κ2) is 12.2. The molecule has 0 amide bonds. The Kier molecular flexibility index (Phi) is 9.27. The van der Waals surface area contributed by atoms with Gasteiger partial charge in [-0.3, -0.25) is 0 Å². The van der Waals surface area contributed by atoms with E-state index in [0.29, 0.717) is 18.8 Å². The average Bonchev–Trinajstić information content (AvgIpc) is 2.76. The van der Waals surface area contributed by atoms with Gasteiger partial charge in [-0.05, 0) is 70.6 Å². The lowest BCUT2D eigenvalue weighted by molar-refractivity contribution is -0.0721. The number of rotatable bonds is 8. The number of guanidine groups is 1. The van der Waals surface area contributed by atoms with Crippen LogP contribution in [0.4, 0.5) is 0 Å². The van der Waals surface area contributed by atoms with E-state index in [1.165, 1.54) is 18.4 Å². The lowest BCUT2D eigenvalue weighted by atomic mass is 10.1. The zero-order valence-corrected chi connectivity index (χ0v) is 18.9. The summed E-state index contributed by atoms with van der Waals surface area (Å²) in [5.41, 5.74) is 1.21. The number of aliphatic imine (C=N–C) groups is 1. The number of hydrogen-bond acceptors (Lipinski definition) is 4. The van der Waals surface area contributed by atoms with Crippen molar-refractivity contribution in [3.05, 3.63) is 29.8 Å². The Hall–Kier alpha value is -1.79. The van der Waals surface area contributed by atoms with E-state index in [0.717, 1.165) is 63.8 Å². The number of piperidine rings is 1. The van der Waals surface area contributed by atoms with Gasteiger partial charge in [0.1, 0.15) is 11.9 Å². The van der Waals surface area contributed by atoms with Gasteiger partial charge in [0, 0.05) is 26.2 Å². The summed E-state index contributed by atoms with van der Waals surface area (Å²) in [5, 5.41) is 3.44. The van der Waals surface area contributed by atoms with Crippen LogP contribution in [0.15, 0.2) is 29.3 Å². The maximum Gasteiger partial charge on any atom is 0.194 e. The molecule has 2 atom stereocenters. The minimum absolute atomic E-state index is 0.0248. The van der Waals surface area contributed by atoms with Crippen LogP contribution in [-0.2, 0) is 9.47 Å². The Morgan fingerprint density at radius 2 is 2.10 bits per heavy atom. The largest absolute Gasteiger partial charge is 0.489 e. The fraction of sp³-hybridized carbons (Fsp3) is 0.708. The Morgan fingerprint density at radius 1 is 1.27 bits per heavy atom. The highest BCUT2D eigenvalue weighted by atomic mass is 16.5. The van der Waals surface area contributed by atoms with Crippen LogP contribution in [0.5, 0.6) is 5.75 Å². The first-order chi connectivity index (χ1) is 14.6. The molecule has 1 N–H and O–H groups in total. The smallest absolute Gasteiger partial charge is 0.194 e. The first kappa shape index (κ1) is 22.9. The first-order valence-electron chi connectivity index (χ1n) is 11.6. The molecule has 2 heterocycles. The Balaban J connectivity index is 1.43. The Morgan fingerprint density at radius 3 is 2.80 bits per heavy atom. The molecule has 168 valence electrons. The van der Waals surface area contributed by atoms with Crippen LogP contribution in [0.1, 0.15) is 51.5 Å². The summed E-state index contributed by atoms with van der Waals surface area (Å²) in [6.07, 6.45) is 6.31. The first-order valence-corrected chi connectivity index (χ1v) is 11.6. The predicted molar refractivity (Wildman–Crippen MR) is 121 cm³/mol. The van der Waals surface area contributed by atoms with Crippen LogP contribution in [-0.4, -0.2) is 68.6 Å². The summed E-state index contributed by atoms with van der Waals surface area (Å²) in [4.78, 5) is 7.19. The van der Waals surface area contributed by atoms with E-state index >= 15 is 0 Å². The van der Waals surface area contributed by atoms with Crippen LogP contribution < -0.4 is 10.1 Å². The molecule has 1 aromatic carbocycles. The number of hydrogen-bond donors (Lipinski definition) is 1. The minimum Gasteiger partial charge on any atom is -0.489 e. The topological polar surface area (TPSA) is 55.3 Å². The van der Waals surface area contributed by atoms with E-state index in [-0.39, 0.29) is 6.10 Å². The number of nitrogens with one attached hydrogen (secondary N) is 1. The average molecular weight is 418 g/mol. The zero-order chi connectivity index (χ0) is 21.2. The molecule has 0 bridgehead atoms. The van der Waals surface area contributed by atoms with E-state index < -0.39 is 0 Å². The van der Waals surface area contributed by atoms with Gasteiger partial charge >= 0.3 is 0 Å². The molecule has 6 heteroatoms. The maximum absolute atomic E-state index is 6.15. The lowest BCUT2D eigenvalue weighted by Gasteiger charge is -2.35. The van der Waals surface area contributed by atoms with E-state index in [4.69, 9.17) is 19.2 Å². The molecule has 0 radical (unpaired) electrons. The normalized spacial score (nSPS) is 22.0. The molecule has 0 spiro atoms. The predicted octanol–water partition coefficient (Wildman–Crippen LogP) is 3.78. The fourth-order valence-corrected chi connectivity index (χ4v) is 4.02. The SMILES string of the molecule is CCNC(=NCC(C)Oc1cccc(C)c1)N1CCC(OCC2CCCCO2)CC1. The van der Waals surface area contributed by atoms with Crippen molar-refractivity contribution in [3.8, 4) is 5.75 Å². The summed E-state index contributed by atoms with van der Waals surface area (Å²) in [6, 6.07) is 8.17. The highest BCUT2D eigenvalue weighted by Crippen LogP contribution is 2.18. The molecule has 2 unspecified atom stereocenters. The van der Waals surface area contributed by atoms with Crippen molar-refractivity contribution in [2.75, 3.05) is 39.4 Å². The quantitative estimate of drug-likeness (QED) is 0.515. The summed E-state index contributed by atoms with van der Waals surface area (Å²) < 4.78 is 18.0. The standard InChI is InChI=1S/C24H39N3O3/c1-4-25-24(26-17-20(3)30-22-10-7-8-19(2)16-22)27-13-11-21(12-14-27)29-18-23-9-5-6-15-28-23/h7-8,10,16,20-21,23H,4-6,9,11-15,17-18H2,1-3H3,(H,25,26). The van der Waals surface area contributed by atoms with E-state index in [9.17, 15) is 0 Å². The van der Waals surface area contributed by atoms with Crippen LogP contribution in [0.25, 0.3) is 0 Å². The molecule has 2 fully saturated rings. The molecular formula is C24H39N3O3. The van der Waals surface area contributed by atoms with Gasteiger partial charge in [-0.15, -0.1) is 0 Å². The van der Waals surface area contributed by atoms with Crippen LogP contribution >= 0.6 is 0 Å². The Bertz CT molecular complexity index is 653. The summed E-state index contributed by atoms with van der Waals surface area (Å²) in [5.74, 6) is 1.88. The minimum atomic E-state index is 0.0248. The molecule has 30 heavy (non-hydrogen) atoms. The molecule has 6 nitrogen and oxygen atoms in total. The highest BCUT2D eigenvalue weighted by molar-refractivity contribution is 5.80. The van der Waals surface area contributed by atoms with Crippen molar-refractivity contribution >= 4 is 5.96 Å². The van der Waals surface area contributed by atoms with Crippen molar-refractivity contribution in [2.45, 2.75) is 71.2 Å². The van der Waals surface area contributed by atoms with Crippen molar-refractivity contribution in [1.82, 2.24) is 10.2 Å². The number of ether oxygens (including phenoxy) is 3. The van der Waals surface area contributed by atoms with Gasteiger partial charge in [0.2, 0.25) is 0 Å². The molecule has 2 saturated heterocycles. The van der Waals surface area contributed by atoms with E-state index in [1.807, 2.05) is 12.1 Å². The molecule has 1 aromatic rings. The van der Waals surface area contributed by atoms with Crippen molar-refractivity contribution in [2.24, 2.45) is 4.99 Å². The molecule has 0 aromatic heterocycles. The van der Waals surface area contributed by atoms with Gasteiger partial charge in [-0.1, -0.05) is 12.1 Å². The summed E-state index contributed by atoms with van der Waals surface area (Å²) >= 11 is 0. The second-order valence-corrected chi connectivity index (χ2v) is 8.45. The lowest BCUT2D eigenvalue weighted by Crippen LogP contribution is -2.47. The van der Waals surface area contributed by atoms with Gasteiger partial charge in [-0.2, -0.15) is 0 Å². The number of likely N-dealkylation sites (tertiary alicyclic amines) is 1. The second-order valence-electron chi connectivity index (χ2n) is 8.45. The van der Waals surface area contributed by atoms with E-state index in [2.05, 4.69) is 43.1 Å². The van der Waals surface area contributed by atoms with Crippen LogP contribution in [0, 0.1) is 6.92 Å². The van der Waals surface area contributed by atoms with E-state index in [1.54, 1.807) is 0 Å². The third-order valence-electron chi connectivity index (χ3n) is 5.69. The van der Waals surface area contributed by atoms with Gasteiger partial charge in [0.05, 0.1) is 25.4 Å². The third-order valence-corrected chi connectivity index (χ3v) is 5.69. The van der Waals surface area contributed by atoms with Crippen molar-refractivity contribution in [1.29, 1.82) is 0 Å². The highest BCUT2D eigenvalue weighted by Gasteiger charge is 2.24. The number of nitrogens with zero attached hydrogens (tertiary/aromatic N) is 2. The molecule has 3 rings (SSSR count). The zero-order valence-electron chi connectivity index (χ0n) is 18.9. The van der Waals surface area contributed by atoms with Crippen molar-refractivity contribution < 1.29 is 14.2 Å². The van der Waals surface area contributed by atoms with Gasteiger partial charge in [0.25, 0.3) is 0 Å². The van der Waals surface area contributed by atoms with Crippen molar-refractivity contribution in [3.63, 3.8) is 0 Å². The molecule has 2 aliphatic rings. The monoisotopic (exact) mass is 417 g/mol. The third kappa shape index (κ3) is 7.47. The molecule has 0 aliphatic carbocycles. The van der Waals surface area contributed by atoms with Crippen LogP contribution in [0.3, 0.4) is 0 Å². The van der Waals surface area contributed by atoms with Crippen LogP contribution in [0.2, 0.25) is 0 Å². The fourth-order valence-electron chi connectivity index (χ4n) is 4.02. The molecular weight excluding hydrogens is 378 g/mol. The molecule has 2 aliphatic heterocycles. The summed E-state index contributed by atoms with van der Waals surface area (Å²) in [7, 11) is 0.